The van der Waals surface area contributed by atoms with Gasteiger partial charge >= 0.3 is 5.97 Å². The Morgan fingerprint density at radius 2 is 1.77 bits per heavy atom. The van der Waals surface area contributed by atoms with E-state index in [1.54, 1.807) is 42.5 Å². The fraction of sp³-hybridized carbons (Fsp3) is 0.125. The molecular formula is C16H14ClNO4. The summed E-state index contributed by atoms with van der Waals surface area (Å²) in [5, 5.41) is 3.13. The van der Waals surface area contributed by atoms with Gasteiger partial charge in [0, 0.05) is 5.02 Å². The Morgan fingerprint density at radius 1 is 1.05 bits per heavy atom. The molecule has 0 unspecified atom stereocenters. The average molecular weight is 320 g/mol. The van der Waals surface area contributed by atoms with Gasteiger partial charge in [-0.3, -0.25) is 4.79 Å². The van der Waals surface area contributed by atoms with E-state index in [9.17, 15) is 9.59 Å². The molecule has 6 heteroatoms. The molecule has 0 heterocycles. The summed E-state index contributed by atoms with van der Waals surface area (Å²) in [7, 11) is 2.73. The van der Waals surface area contributed by atoms with Crippen LogP contribution in [-0.2, 0) is 4.74 Å². The van der Waals surface area contributed by atoms with E-state index in [0.29, 0.717) is 22.0 Å². The molecule has 0 spiro atoms. The topological polar surface area (TPSA) is 64.6 Å². The van der Waals surface area contributed by atoms with Crippen molar-refractivity contribution in [1.29, 1.82) is 0 Å². The van der Waals surface area contributed by atoms with Crippen LogP contribution in [0.3, 0.4) is 0 Å². The van der Waals surface area contributed by atoms with Gasteiger partial charge in [-0.15, -0.1) is 0 Å². The van der Waals surface area contributed by atoms with Crippen molar-refractivity contribution in [1.82, 2.24) is 0 Å². The maximum atomic E-state index is 12.4. The Balaban J connectivity index is 2.32. The molecule has 0 bridgehead atoms. The van der Waals surface area contributed by atoms with Crippen LogP contribution in [0.1, 0.15) is 20.7 Å². The van der Waals surface area contributed by atoms with E-state index in [1.807, 2.05) is 0 Å². The minimum absolute atomic E-state index is 0.270. The third-order valence-corrected chi connectivity index (χ3v) is 3.22. The van der Waals surface area contributed by atoms with Gasteiger partial charge in [0.05, 0.1) is 31.0 Å². The van der Waals surface area contributed by atoms with Crippen molar-refractivity contribution >= 4 is 29.2 Å². The Labute approximate surface area is 132 Å². The second-order valence-electron chi connectivity index (χ2n) is 4.34. The predicted molar refractivity (Wildman–Crippen MR) is 83.7 cm³/mol. The van der Waals surface area contributed by atoms with Crippen molar-refractivity contribution in [3.8, 4) is 5.75 Å². The molecule has 0 aliphatic heterocycles. The molecule has 22 heavy (non-hydrogen) atoms. The minimum Gasteiger partial charge on any atom is -0.496 e. The van der Waals surface area contributed by atoms with Crippen LogP contribution in [0.4, 0.5) is 5.69 Å². The molecular weight excluding hydrogens is 306 g/mol. The molecule has 114 valence electrons. The van der Waals surface area contributed by atoms with Gasteiger partial charge < -0.3 is 14.8 Å². The summed E-state index contributed by atoms with van der Waals surface area (Å²) in [5.74, 6) is -0.593. The van der Waals surface area contributed by atoms with E-state index in [1.165, 1.54) is 14.2 Å². The first-order valence-electron chi connectivity index (χ1n) is 6.39. The number of carbonyl (C=O) groups is 2. The average Bonchev–Trinajstić information content (AvgIpc) is 2.54. The molecule has 0 saturated carbocycles. The molecule has 0 fully saturated rings. The molecule has 0 saturated heterocycles. The highest BCUT2D eigenvalue weighted by Gasteiger charge is 2.17. The zero-order valence-electron chi connectivity index (χ0n) is 12.1. The molecule has 2 aromatic rings. The lowest BCUT2D eigenvalue weighted by atomic mass is 10.1. The molecule has 0 radical (unpaired) electrons. The summed E-state index contributed by atoms with van der Waals surface area (Å²) in [6, 6.07) is 11.3. The summed E-state index contributed by atoms with van der Waals surface area (Å²) in [6.07, 6.45) is 0. The number of halogens is 1. The monoisotopic (exact) mass is 319 g/mol. The summed E-state index contributed by atoms with van der Waals surface area (Å²) < 4.78 is 9.84. The molecule has 0 aliphatic rings. The van der Waals surface area contributed by atoms with E-state index in [4.69, 9.17) is 21.1 Å². The number of anilines is 1. The number of ether oxygens (including phenoxy) is 2. The fourth-order valence-electron chi connectivity index (χ4n) is 1.92. The molecule has 0 atom stereocenters. The van der Waals surface area contributed by atoms with Gasteiger partial charge in [-0.05, 0) is 30.3 Å². The maximum absolute atomic E-state index is 12.4. The van der Waals surface area contributed by atoms with Crippen LogP contribution in [0.2, 0.25) is 5.02 Å². The normalized spacial score (nSPS) is 9.95. The number of rotatable bonds is 4. The highest BCUT2D eigenvalue weighted by molar-refractivity contribution is 6.31. The van der Waals surface area contributed by atoms with E-state index in [0.717, 1.165) is 0 Å². The van der Waals surface area contributed by atoms with E-state index < -0.39 is 11.9 Å². The number of methoxy groups -OCH3 is 2. The largest absolute Gasteiger partial charge is 0.496 e. The highest BCUT2D eigenvalue weighted by atomic mass is 35.5. The lowest BCUT2D eigenvalue weighted by molar-refractivity contribution is 0.0602. The second-order valence-corrected chi connectivity index (χ2v) is 4.77. The summed E-state index contributed by atoms with van der Waals surface area (Å²) >= 11 is 5.87. The third kappa shape index (κ3) is 3.38. The van der Waals surface area contributed by atoms with Crippen molar-refractivity contribution in [2.24, 2.45) is 0 Å². The summed E-state index contributed by atoms with van der Waals surface area (Å²) in [4.78, 5) is 24.1. The molecule has 0 aliphatic carbocycles. The fourth-order valence-corrected chi connectivity index (χ4v) is 2.08. The lowest BCUT2D eigenvalue weighted by Gasteiger charge is -2.12. The van der Waals surface area contributed by atoms with Crippen molar-refractivity contribution in [2.45, 2.75) is 0 Å². The number of esters is 1. The van der Waals surface area contributed by atoms with Crippen LogP contribution < -0.4 is 10.1 Å². The molecule has 0 aromatic heterocycles. The highest BCUT2D eigenvalue weighted by Crippen LogP contribution is 2.25. The zero-order valence-corrected chi connectivity index (χ0v) is 12.8. The van der Waals surface area contributed by atoms with Crippen LogP contribution >= 0.6 is 11.6 Å². The molecule has 2 rings (SSSR count). The SMILES string of the molecule is COC(=O)c1ccccc1NC(=O)c1ccc(Cl)cc1OC. The van der Waals surface area contributed by atoms with Gasteiger partial charge in [-0.1, -0.05) is 23.7 Å². The first kappa shape index (κ1) is 15.9. The Bertz CT molecular complexity index is 715. The Morgan fingerprint density at radius 3 is 2.45 bits per heavy atom. The minimum atomic E-state index is -0.529. The van der Waals surface area contributed by atoms with E-state index >= 15 is 0 Å². The van der Waals surface area contributed by atoms with Gasteiger partial charge in [0.1, 0.15) is 5.75 Å². The molecule has 1 amide bonds. The van der Waals surface area contributed by atoms with Crippen LogP contribution in [0.25, 0.3) is 0 Å². The second kappa shape index (κ2) is 6.95. The number of benzene rings is 2. The quantitative estimate of drug-likeness (QED) is 0.877. The van der Waals surface area contributed by atoms with Gasteiger partial charge in [0.25, 0.3) is 5.91 Å². The van der Waals surface area contributed by atoms with E-state index in [-0.39, 0.29) is 5.56 Å². The predicted octanol–water partition coefficient (Wildman–Crippen LogP) is 3.39. The van der Waals surface area contributed by atoms with Crippen LogP contribution in [0, 0.1) is 0 Å². The number of amides is 1. The molecule has 2 aromatic carbocycles. The van der Waals surface area contributed by atoms with Gasteiger partial charge in [-0.2, -0.15) is 0 Å². The van der Waals surface area contributed by atoms with Crippen LogP contribution in [0.5, 0.6) is 5.75 Å². The smallest absolute Gasteiger partial charge is 0.339 e. The first-order valence-corrected chi connectivity index (χ1v) is 6.77. The number of hydrogen-bond donors (Lipinski definition) is 1. The zero-order chi connectivity index (χ0) is 16.1. The van der Waals surface area contributed by atoms with Gasteiger partial charge in [0.15, 0.2) is 0 Å². The van der Waals surface area contributed by atoms with Crippen molar-refractivity contribution < 1.29 is 19.1 Å². The number of hydrogen-bond acceptors (Lipinski definition) is 4. The Kier molecular flexibility index (Phi) is 5.01. The number of nitrogens with one attached hydrogen (secondary N) is 1. The van der Waals surface area contributed by atoms with Gasteiger partial charge in [-0.25, -0.2) is 4.79 Å². The standard InChI is InChI=1S/C16H14ClNO4/c1-21-14-9-10(17)7-8-12(14)15(19)18-13-6-4-3-5-11(13)16(20)22-2/h3-9H,1-2H3,(H,18,19). The number of carbonyl (C=O) groups excluding carboxylic acids is 2. The molecule has 5 nitrogen and oxygen atoms in total. The maximum Gasteiger partial charge on any atom is 0.339 e. The third-order valence-electron chi connectivity index (χ3n) is 2.99. The van der Waals surface area contributed by atoms with Crippen molar-refractivity contribution in [2.75, 3.05) is 19.5 Å². The van der Waals surface area contributed by atoms with Crippen LogP contribution in [0.15, 0.2) is 42.5 Å². The van der Waals surface area contributed by atoms with Crippen molar-refractivity contribution in [3.05, 3.63) is 58.6 Å². The van der Waals surface area contributed by atoms with E-state index in [2.05, 4.69) is 5.32 Å². The molecule has 1 N–H and O–H groups in total. The number of para-hydroxylation sites is 1. The van der Waals surface area contributed by atoms with Crippen molar-refractivity contribution in [3.63, 3.8) is 0 Å². The summed E-state index contributed by atoms with van der Waals surface area (Å²) in [6.45, 7) is 0. The Hall–Kier alpha value is -2.53. The lowest BCUT2D eigenvalue weighted by Crippen LogP contribution is -2.16. The van der Waals surface area contributed by atoms with Crippen LogP contribution in [-0.4, -0.2) is 26.1 Å². The first-order chi connectivity index (χ1) is 10.6. The summed E-state index contributed by atoms with van der Waals surface area (Å²) in [5.41, 5.74) is 0.939. The van der Waals surface area contributed by atoms with Gasteiger partial charge in [0.2, 0.25) is 0 Å².